The van der Waals surface area contributed by atoms with E-state index in [1.165, 1.54) is 32.8 Å². The largest absolute Gasteiger partial charge is 0.469 e. The molecule has 0 amide bonds. The van der Waals surface area contributed by atoms with Gasteiger partial charge in [-0.3, -0.25) is 9.59 Å². The number of esters is 1. The molecule has 0 unspecified atom stereocenters. The van der Waals surface area contributed by atoms with Crippen LogP contribution in [0.15, 0.2) is 34.9 Å². The smallest absolute Gasteiger partial charge is 0.305 e. The zero-order valence-electron chi connectivity index (χ0n) is 15.6. The molecule has 0 spiro atoms. The van der Waals surface area contributed by atoms with E-state index >= 15 is 0 Å². The minimum absolute atomic E-state index is 0.0150. The molecular formula is C21H31ClO3. The highest BCUT2D eigenvalue weighted by molar-refractivity contribution is 6.46. The summed E-state index contributed by atoms with van der Waals surface area (Å²) in [6, 6.07) is 0. The van der Waals surface area contributed by atoms with E-state index in [1.807, 2.05) is 12.2 Å². The summed E-state index contributed by atoms with van der Waals surface area (Å²) in [5, 5.41) is 0.331. The van der Waals surface area contributed by atoms with Crippen molar-refractivity contribution in [1.82, 2.24) is 0 Å². The van der Waals surface area contributed by atoms with E-state index in [4.69, 9.17) is 11.6 Å². The summed E-state index contributed by atoms with van der Waals surface area (Å²) in [6.07, 6.45) is 18.2. The van der Waals surface area contributed by atoms with Gasteiger partial charge in [0.25, 0.3) is 0 Å². The molecule has 0 aromatic heterocycles. The van der Waals surface area contributed by atoms with Gasteiger partial charge in [0.15, 0.2) is 0 Å². The number of ketones is 1. The molecule has 0 radical (unpaired) electrons. The lowest BCUT2D eigenvalue weighted by Gasteiger charge is -2.05. The number of allylic oxidation sites excluding steroid dienone is 6. The second kappa shape index (κ2) is 12.9. The highest BCUT2D eigenvalue weighted by atomic mass is 35.5. The third-order valence-corrected chi connectivity index (χ3v) is 4.71. The van der Waals surface area contributed by atoms with Gasteiger partial charge in [-0.25, -0.2) is 0 Å². The Kier molecular flexibility index (Phi) is 11.2. The number of carbonyl (C=O) groups is 2. The normalized spacial score (nSPS) is 19.0. The first-order valence-electron chi connectivity index (χ1n) is 9.45. The van der Waals surface area contributed by atoms with Crippen LogP contribution in [-0.4, -0.2) is 18.9 Å². The van der Waals surface area contributed by atoms with Gasteiger partial charge in [0.2, 0.25) is 5.78 Å². The fourth-order valence-electron chi connectivity index (χ4n) is 2.88. The summed E-state index contributed by atoms with van der Waals surface area (Å²) in [7, 11) is 1.41. The molecular weight excluding hydrogens is 336 g/mol. The number of Topliss-reactive ketones (excluding diaryl/α,β-unsaturated/α-hetero) is 1. The van der Waals surface area contributed by atoms with Crippen LogP contribution in [-0.2, 0) is 14.3 Å². The number of unbranched alkanes of at least 4 members (excludes halogenated alkanes) is 7. The third-order valence-electron chi connectivity index (χ3n) is 4.41. The summed E-state index contributed by atoms with van der Waals surface area (Å²) >= 11 is 6.03. The molecule has 0 aliphatic heterocycles. The molecule has 1 atom stereocenters. The standard InChI is InChI=1S/C21H31ClO3/c1-3-4-5-6-7-10-13-17-16-19(22)21(24)18(17)14-11-8-9-12-15-20(23)25-2/h10,13-14,16-17H,3-9,11-12,15H2,1-2H3/t17-/m1/s1. The predicted molar refractivity (Wildman–Crippen MR) is 104 cm³/mol. The van der Waals surface area contributed by atoms with Gasteiger partial charge < -0.3 is 4.74 Å². The Labute approximate surface area is 157 Å². The van der Waals surface area contributed by atoms with Crippen molar-refractivity contribution in [3.8, 4) is 0 Å². The van der Waals surface area contributed by atoms with E-state index in [-0.39, 0.29) is 17.7 Å². The molecule has 0 saturated carbocycles. The van der Waals surface area contributed by atoms with Crippen LogP contribution in [0.4, 0.5) is 0 Å². The predicted octanol–water partition coefficient (Wildman–Crippen LogP) is 5.88. The number of methoxy groups -OCH3 is 1. The summed E-state index contributed by atoms with van der Waals surface area (Å²) < 4.78 is 4.62. The van der Waals surface area contributed by atoms with E-state index in [0.717, 1.165) is 37.7 Å². The van der Waals surface area contributed by atoms with Crippen molar-refractivity contribution >= 4 is 23.4 Å². The summed E-state index contributed by atoms with van der Waals surface area (Å²) in [5.74, 6) is -0.192. The number of ether oxygens (including phenoxy) is 1. The first-order chi connectivity index (χ1) is 12.1. The number of hydrogen-bond donors (Lipinski definition) is 0. The number of halogens is 1. The van der Waals surface area contributed by atoms with Crippen LogP contribution in [0.1, 0.15) is 71.1 Å². The van der Waals surface area contributed by atoms with E-state index in [2.05, 4.69) is 23.8 Å². The average molecular weight is 367 g/mol. The Hall–Kier alpha value is -1.35. The molecule has 0 aromatic rings. The molecule has 4 heteroatoms. The average Bonchev–Trinajstić information content (AvgIpc) is 2.88. The van der Waals surface area contributed by atoms with Crippen molar-refractivity contribution in [2.75, 3.05) is 7.11 Å². The maximum atomic E-state index is 12.2. The Morgan fingerprint density at radius 1 is 1.16 bits per heavy atom. The molecule has 0 saturated heterocycles. The van der Waals surface area contributed by atoms with Crippen molar-refractivity contribution in [3.63, 3.8) is 0 Å². The topological polar surface area (TPSA) is 43.4 Å². The quantitative estimate of drug-likeness (QED) is 0.187. The molecule has 0 fully saturated rings. The first-order valence-corrected chi connectivity index (χ1v) is 9.83. The highest BCUT2D eigenvalue weighted by Gasteiger charge is 2.26. The highest BCUT2D eigenvalue weighted by Crippen LogP contribution is 2.31. The van der Waals surface area contributed by atoms with E-state index in [9.17, 15) is 9.59 Å². The first kappa shape index (κ1) is 21.7. The van der Waals surface area contributed by atoms with Gasteiger partial charge in [0, 0.05) is 17.9 Å². The Morgan fingerprint density at radius 3 is 2.60 bits per heavy atom. The molecule has 1 aliphatic carbocycles. The van der Waals surface area contributed by atoms with Crippen molar-refractivity contribution in [2.24, 2.45) is 5.92 Å². The van der Waals surface area contributed by atoms with Gasteiger partial charge in [0.05, 0.1) is 12.1 Å². The van der Waals surface area contributed by atoms with Gasteiger partial charge in [-0.05, 0) is 32.1 Å². The zero-order valence-corrected chi connectivity index (χ0v) is 16.3. The lowest BCUT2D eigenvalue weighted by atomic mass is 9.98. The minimum Gasteiger partial charge on any atom is -0.469 e. The summed E-state index contributed by atoms with van der Waals surface area (Å²) in [4.78, 5) is 23.2. The molecule has 0 N–H and O–H groups in total. The second-order valence-electron chi connectivity index (χ2n) is 6.48. The molecule has 3 nitrogen and oxygen atoms in total. The van der Waals surface area contributed by atoms with Crippen LogP contribution < -0.4 is 0 Å². The van der Waals surface area contributed by atoms with Gasteiger partial charge in [-0.15, -0.1) is 0 Å². The Balaban J connectivity index is 2.39. The lowest BCUT2D eigenvalue weighted by Crippen LogP contribution is -2.02. The van der Waals surface area contributed by atoms with E-state index in [1.54, 1.807) is 0 Å². The maximum Gasteiger partial charge on any atom is 0.305 e. The molecule has 25 heavy (non-hydrogen) atoms. The maximum absolute atomic E-state index is 12.2. The summed E-state index contributed by atoms with van der Waals surface area (Å²) in [6.45, 7) is 2.21. The number of carbonyl (C=O) groups excluding carboxylic acids is 2. The van der Waals surface area contributed by atoms with Crippen LogP contribution in [0.5, 0.6) is 0 Å². The molecule has 0 aromatic carbocycles. The molecule has 1 aliphatic rings. The lowest BCUT2D eigenvalue weighted by molar-refractivity contribution is -0.140. The molecule has 0 bridgehead atoms. The third kappa shape index (κ3) is 8.53. The number of rotatable bonds is 12. The zero-order chi connectivity index (χ0) is 18.5. The van der Waals surface area contributed by atoms with Crippen LogP contribution in [0, 0.1) is 5.92 Å². The second-order valence-corrected chi connectivity index (χ2v) is 6.89. The van der Waals surface area contributed by atoms with Crippen molar-refractivity contribution in [1.29, 1.82) is 0 Å². The SMILES string of the molecule is CCCCCCC=C[C@@H]1C=C(Cl)C(=O)C1=CCCCCCC(=O)OC. The van der Waals surface area contributed by atoms with Crippen LogP contribution in [0.2, 0.25) is 0 Å². The van der Waals surface area contributed by atoms with Gasteiger partial charge in [0.1, 0.15) is 0 Å². The summed E-state index contributed by atoms with van der Waals surface area (Å²) in [5.41, 5.74) is 0.794. The minimum atomic E-state index is -0.163. The molecule has 140 valence electrons. The molecule has 0 heterocycles. The van der Waals surface area contributed by atoms with Crippen molar-refractivity contribution in [3.05, 3.63) is 34.9 Å². The fraction of sp³-hybridized carbons (Fsp3) is 0.619. The van der Waals surface area contributed by atoms with E-state index < -0.39 is 0 Å². The van der Waals surface area contributed by atoms with Gasteiger partial charge >= 0.3 is 5.97 Å². The fourth-order valence-corrected chi connectivity index (χ4v) is 3.13. The van der Waals surface area contributed by atoms with Crippen LogP contribution in [0.25, 0.3) is 0 Å². The monoisotopic (exact) mass is 366 g/mol. The number of hydrogen-bond acceptors (Lipinski definition) is 3. The van der Waals surface area contributed by atoms with Gasteiger partial charge in [-0.2, -0.15) is 0 Å². The Morgan fingerprint density at radius 2 is 1.88 bits per heavy atom. The molecule has 1 rings (SSSR count). The van der Waals surface area contributed by atoms with Gasteiger partial charge in [-0.1, -0.05) is 68.5 Å². The van der Waals surface area contributed by atoms with Crippen LogP contribution >= 0.6 is 11.6 Å². The van der Waals surface area contributed by atoms with Crippen LogP contribution in [0.3, 0.4) is 0 Å². The Bertz CT molecular complexity index is 517. The van der Waals surface area contributed by atoms with Crippen molar-refractivity contribution < 1.29 is 14.3 Å². The van der Waals surface area contributed by atoms with E-state index in [0.29, 0.717) is 11.5 Å². The van der Waals surface area contributed by atoms with Crippen molar-refractivity contribution in [2.45, 2.75) is 71.1 Å².